The number of fused-ring (bicyclic) bond motifs is 1. The van der Waals surface area contributed by atoms with Crippen LogP contribution in [0.25, 0.3) is 21.3 Å². The van der Waals surface area contributed by atoms with Gasteiger partial charge >= 0.3 is 0 Å². The van der Waals surface area contributed by atoms with Crippen LogP contribution in [0, 0.1) is 17.2 Å². The highest BCUT2D eigenvalue weighted by Crippen LogP contribution is 2.35. The Kier molecular flexibility index (Phi) is 8.75. The zero-order valence-corrected chi connectivity index (χ0v) is 25.4. The minimum atomic E-state index is -4.19. The van der Waals surface area contributed by atoms with Crippen molar-refractivity contribution in [2.45, 2.75) is 50.3 Å². The van der Waals surface area contributed by atoms with Crippen LogP contribution < -0.4 is 16.2 Å². The lowest BCUT2D eigenvalue weighted by Crippen LogP contribution is -2.41. The van der Waals surface area contributed by atoms with Crippen molar-refractivity contribution in [2.75, 3.05) is 6.54 Å². The van der Waals surface area contributed by atoms with Crippen molar-refractivity contribution < 1.29 is 18.0 Å². The molecule has 0 spiro atoms. The lowest BCUT2D eigenvalue weighted by atomic mass is 10.1. The topological polar surface area (TPSA) is 151 Å². The van der Waals surface area contributed by atoms with E-state index in [4.69, 9.17) is 0 Å². The molecule has 2 aromatic carbocycles. The summed E-state index contributed by atoms with van der Waals surface area (Å²) in [6.07, 6.45) is 3.56. The normalized spacial score (nSPS) is 13.9. The number of nitrogens with zero attached hydrogens (tertiary/aromatic N) is 3. The molecule has 0 radical (unpaired) electrons. The van der Waals surface area contributed by atoms with Crippen LogP contribution in [0.5, 0.6) is 0 Å². The van der Waals surface area contributed by atoms with E-state index in [-0.39, 0.29) is 35.0 Å². The Morgan fingerprint density at radius 3 is 2.60 bits per heavy atom. The summed E-state index contributed by atoms with van der Waals surface area (Å²) in [5.74, 6) is -1.44. The monoisotopic (exact) mass is 617 g/mol. The van der Waals surface area contributed by atoms with Crippen LogP contribution in [-0.2, 0) is 31.7 Å². The highest BCUT2D eigenvalue weighted by atomic mass is 32.2. The molecule has 12 heteroatoms. The smallest absolute Gasteiger partial charge is 0.250 e. The van der Waals surface area contributed by atoms with E-state index in [1.54, 1.807) is 41.1 Å². The number of hydrogen-bond acceptors (Lipinski definition) is 8. The Bertz CT molecular complexity index is 1900. The molecule has 0 saturated heterocycles. The third-order valence-corrected chi connectivity index (χ3v) is 10.0. The van der Waals surface area contributed by atoms with Crippen LogP contribution in [0.3, 0.4) is 0 Å². The van der Waals surface area contributed by atoms with Gasteiger partial charge in [0.15, 0.2) is 15.1 Å². The summed E-state index contributed by atoms with van der Waals surface area (Å²) in [5.41, 5.74) is 2.72. The molecule has 4 aromatic rings. The molecule has 2 N–H and O–H groups in total. The number of sulfone groups is 1. The molecule has 10 nitrogen and oxygen atoms in total. The first-order valence-corrected chi connectivity index (χ1v) is 16.4. The van der Waals surface area contributed by atoms with Crippen molar-refractivity contribution in [3.05, 3.63) is 87.3 Å². The van der Waals surface area contributed by atoms with Crippen molar-refractivity contribution in [3.8, 4) is 17.2 Å². The van der Waals surface area contributed by atoms with Crippen LogP contribution in [0.2, 0.25) is 0 Å². The van der Waals surface area contributed by atoms with E-state index in [1.165, 1.54) is 12.1 Å². The summed E-state index contributed by atoms with van der Waals surface area (Å²) in [6.45, 7) is 4.28. The molecule has 1 atom stereocenters. The van der Waals surface area contributed by atoms with Crippen LogP contribution >= 0.6 is 11.3 Å². The predicted molar refractivity (Wildman–Crippen MR) is 165 cm³/mol. The molecule has 1 aliphatic carbocycles. The van der Waals surface area contributed by atoms with E-state index in [0.717, 1.165) is 35.3 Å². The second-order valence-electron chi connectivity index (χ2n) is 11.1. The Morgan fingerprint density at radius 2 is 1.88 bits per heavy atom. The number of amides is 2. The zero-order valence-electron chi connectivity index (χ0n) is 23.7. The lowest BCUT2D eigenvalue weighted by Gasteiger charge is -2.16. The molecule has 5 rings (SSSR count). The molecule has 1 fully saturated rings. The maximum Gasteiger partial charge on any atom is 0.250 e. The SMILES string of the molecule is CC(C)Cn1cc(-c2ccc3nc(C(C(=O)NCC(=O)NC4CC4)S(=O)(=O)Cc4cccc(C#N)c4)sc3c2)ccc1=O. The highest BCUT2D eigenvalue weighted by Gasteiger charge is 2.37. The first kappa shape index (κ1) is 30.1. The Labute approximate surface area is 253 Å². The van der Waals surface area contributed by atoms with Crippen molar-refractivity contribution in [3.63, 3.8) is 0 Å². The number of rotatable bonds is 11. The number of aromatic nitrogens is 2. The van der Waals surface area contributed by atoms with Crippen molar-refractivity contribution >= 4 is 43.2 Å². The molecule has 0 aliphatic heterocycles. The molecule has 2 aromatic heterocycles. The molecule has 2 heterocycles. The Morgan fingerprint density at radius 1 is 1.12 bits per heavy atom. The van der Waals surface area contributed by atoms with Gasteiger partial charge in [0.1, 0.15) is 5.01 Å². The Balaban J connectivity index is 1.48. The molecule has 0 bridgehead atoms. The van der Waals surface area contributed by atoms with E-state index in [9.17, 15) is 28.1 Å². The average molecular weight is 618 g/mol. The van der Waals surface area contributed by atoms with Gasteiger partial charge < -0.3 is 15.2 Å². The number of pyridine rings is 1. The number of carbonyl (C=O) groups is 2. The standard InChI is InChI=1S/C31H31N5O5S2/c1-19(2)16-36-17-23(7-11-28(36)38)22-6-10-25-26(13-22)42-31(35-25)29(30(39)33-15-27(37)34-24-8-9-24)43(40,41)18-21-5-3-4-20(12-21)14-32/h3-7,10-13,17,19,24,29H,8-9,15-16,18H2,1-2H3,(H,33,39)(H,34,37). The number of thiazole rings is 1. The van der Waals surface area contributed by atoms with E-state index in [1.807, 2.05) is 32.0 Å². The van der Waals surface area contributed by atoms with Gasteiger partial charge in [-0.25, -0.2) is 13.4 Å². The van der Waals surface area contributed by atoms with E-state index in [0.29, 0.717) is 27.9 Å². The molecule has 43 heavy (non-hydrogen) atoms. The summed E-state index contributed by atoms with van der Waals surface area (Å²) >= 11 is 1.09. The average Bonchev–Trinajstić information content (AvgIpc) is 3.67. The van der Waals surface area contributed by atoms with Gasteiger partial charge in [-0.05, 0) is 65.8 Å². The van der Waals surface area contributed by atoms with Crippen molar-refractivity contribution in [1.29, 1.82) is 5.26 Å². The highest BCUT2D eigenvalue weighted by molar-refractivity contribution is 7.91. The molecule has 2 amide bonds. The van der Waals surface area contributed by atoms with Gasteiger partial charge in [0, 0.05) is 24.8 Å². The molecule has 1 aliphatic rings. The number of hydrogen-bond donors (Lipinski definition) is 2. The second-order valence-corrected chi connectivity index (χ2v) is 14.2. The first-order chi connectivity index (χ1) is 20.5. The minimum Gasteiger partial charge on any atom is -0.352 e. The molecular formula is C31H31N5O5S2. The fourth-order valence-corrected chi connectivity index (χ4v) is 7.87. The van der Waals surface area contributed by atoms with Gasteiger partial charge in [-0.1, -0.05) is 32.0 Å². The van der Waals surface area contributed by atoms with E-state index >= 15 is 0 Å². The van der Waals surface area contributed by atoms with Crippen molar-refractivity contribution in [1.82, 2.24) is 20.2 Å². The zero-order chi connectivity index (χ0) is 30.7. The van der Waals surface area contributed by atoms with Crippen LogP contribution in [-0.4, -0.2) is 42.4 Å². The number of nitriles is 1. The van der Waals surface area contributed by atoms with Crippen LogP contribution in [0.15, 0.2) is 65.6 Å². The van der Waals surface area contributed by atoms with Gasteiger partial charge in [-0.2, -0.15) is 5.26 Å². The van der Waals surface area contributed by atoms with E-state index in [2.05, 4.69) is 15.6 Å². The third-order valence-electron chi connectivity index (χ3n) is 6.89. The van der Waals surface area contributed by atoms with Gasteiger partial charge in [-0.15, -0.1) is 11.3 Å². The number of benzene rings is 2. The fraction of sp³-hybridized carbons (Fsp3) is 0.323. The fourth-order valence-electron chi connectivity index (χ4n) is 4.71. The van der Waals surface area contributed by atoms with E-state index < -0.39 is 26.7 Å². The summed E-state index contributed by atoms with van der Waals surface area (Å²) in [4.78, 5) is 42.6. The molecular weight excluding hydrogens is 587 g/mol. The summed E-state index contributed by atoms with van der Waals surface area (Å²) < 4.78 is 29.9. The predicted octanol–water partition coefficient (Wildman–Crippen LogP) is 3.70. The minimum absolute atomic E-state index is 0.0773. The maximum absolute atomic E-state index is 13.8. The molecule has 1 unspecified atom stereocenters. The number of nitrogens with one attached hydrogen (secondary N) is 2. The first-order valence-electron chi connectivity index (χ1n) is 13.9. The molecule has 222 valence electrons. The van der Waals surface area contributed by atoms with Gasteiger partial charge in [0.05, 0.1) is 34.1 Å². The number of carbonyl (C=O) groups excluding carboxylic acids is 2. The Hall–Kier alpha value is -4.34. The van der Waals surface area contributed by atoms with Crippen LogP contribution in [0.1, 0.15) is 48.1 Å². The summed E-state index contributed by atoms with van der Waals surface area (Å²) in [6, 6.07) is 17.0. The second kappa shape index (κ2) is 12.5. The van der Waals surface area contributed by atoms with Crippen molar-refractivity contribution in [2.24, 2.45) is 5.92 Å². The largest absolute Gasteiger partial charge is 0.352 e. The van der Waals surface area contributed by atoms with Gasteiger partial charge in [0.25, 0.3) is 5.56 Å². The third kappa shape index (κ3) is 7.36. The quantitative estimate of drug-likeness (QED) is 0.260. The lowest BCUT2D eigenvalue weighted by molar-refractivity contribution is -0.126. The van der Waals surface area contributed by atoms with Gasteiger partial charge in [-0.3, -0.25) is 14.4 Å². The summed E-state index contributed by atoms with van der Waals surface area (Å²) in [5, 5.41) is 12.9. The van der Waals surface area contributed by atoms with Crippen LogP contribution in [0.4, 0.5) is 0 Å². The maximum atomic E-state index is 13.8. The molecule has 1 saturated carbocycles. The summed E-state index contributed by atoms with van der Waals surface area (Å²) in [7, 11) is -4.19. The van der Waals surface area contributed by atoms with Gasteiger partial charge in [0.2, 0.25) is 11.8 Å².